The van der Waals surface area contributed by atoms with Gasteiger partial charge in [-0.15, -0.1) is 0 Å². The van der Waals surface area contributed by atoms with E-state index in [1.807, 2.05) is 6.08 Å². The molecule has 0 aliphatic heterocycles. The van der Waals surface area contributed by atoms with Gasteiger partial charge in [-0.2, -0.15) is 0 Å². The van der Waals surface area contributed by atoms with E-state index in [4.69, 9.17) is 9.47 Å². The fourth-order valence-corrected chi connectivity index (χ4v) is 3.38. The van der Waals surface area contributed by atoms with Crippen molar-refractivity contribution in [3.63, 3.8) is 0 Å². The molecule has 0 fully saturated rings. The molecule has 2 atom stereocenters. The summed E-state index contributed by atoms with van der Waals surface area (Å²) in [5.41, 5.74) is 0.561. The van der Waals surface area contributed by atoms with Gasteiger partial charge in [-0.1, -0.05) is 43.4 Å². The van der Waals surface area contributed by atoms with Crippen molar-refractivity contribution in [2.24, 2.45) is 5.41 Å². The average molecular weight is 365 g/mol. The molecule has 0 aromatic rings. The van der Waals surface area contributed by atoms with Gasteiger partial charge in [0.05, 0.1) is 5.60 Å². The van der Waals surface area contributed by atoms with Gasteiger partial charge in [0.1, 0.15) is 5.60 Å². The van der Waals surface area contributed by atoms with E-state index in [-0.39, 0.29) is 18.3 Å². The van der Waals surface area contributed by atoms with Crippen molar-refractivity contribution in [1.82, 2.24) is 0 Å². The van der Waals surface area contributed by atoms with E-state index >= 15 is 0 Å². The second-order valence-corrected chi connectivity index (χ2v) is 8.48. The number of aliphatic hydroxyl groups is 2. The van der Waals surface area contributed by atoms with Crippen LogP contribution in [0.5, 0.6) is 0 Å². The standard InChI is InChI=1S/C22H36O4/c1-17-10-8-12-20(2,3)18(17)11-15-21(4,23)13-9-14-22(5,24)16-19(25-6)26-7/h11,15,19,23-24H,8,10,12-13,16H2,1-7H3/b15-11+/t21-,22+/m1/s1. The predicted molar refractivity (Wildman–Crippen MR) is 106 cm³/mol. The molecule has 2 N–H and O–H groups in total. The first-order valence-corrected chi connectivity index (χ1v) is 9.32. The Balaban J connectivity index is 2.78. The molecule has 1 aliphatic rings. The third kappa shape index (κ3) is 7.25. The molecule has 0 saturated carbocycles. The molecule has 0 aromatic carbocycles. The topological polar surface area (TPSA) is 58.9 Å². The van der Waals surface area contributed by atoms with E-state index in [2.05, 4.69) is 38.7 Å². The second kappa shape index (κ2) is 9.19. The zero-order valence-corrected chi connectivity index (χ0v) is 17.5. The van der Waals surface area contributed by atoms with E-state index in [1.165, 1.54) is 31.8 Å². The van der Waals surface area contributed by atoms with E-state index in [9.17, 15) is 10.2 Å². The van der Waals surface area contributed by atoms with Crippen LogP contribution in [-0.2, 0) is 9.47 Å². The minimum absolute atomic E-state index is 0.138. The van der Waals surface area contributed by atoms with Gasteiger partial charge in [0.25, 0.3) is 0 Å². The molecule has 0 saturated heterocycles. The Morgan fingerprint density at radius 3 is 2.38 bits per heavy atom. The van der Waals surface area contributed by atoms with Gasteiger partial charge >= 0.3 is 0 Å². The molecule has 4 nitrogen and oxygen atoms in total. The van der Waals surface area contributed by atoms with Crippen LogP contribution in [0.3, 0.4) is 0 Å². The quantitative estimate of drug-likeness (QED) is 0.530. The number of rotatable bonds is 7. The molecule has 0 bridgehead atoms. The molecule has 4 heteroatoms. The van der Waals surface area contributed by atoms with Crippen LogP contribution in [0, 0.1) is 17.3 Å². The van der Waals surface area contributed by atoms with Crippen molar-refractivity contribution in [3.05, 3.63) is 23.3 Å². The van der Waals surface area contributed by atoms with Gasteiger partial charge < -0.3 is 19.7 Å². The molecular weight excluding hydrogens is 328 g/mol. The number of allylic oxidation sites excluding steroid dienone is 3. The smallest absolute Gasteiger partial charge is 0.160 e. The first-order chi connectivity index (χ1) is 11.9. The van der Waals surface area contributed by atoms with E-state index < -0.39 is 17.5 Å². The highest BCUT2D eigenvalue weighted by Crippen LogP contribution is 2.41. The van der Waals surface area contributed by atoms with Gasteiger partial charge in [0.2, 0.25) is 0 Å². The Labute approximate surface area is 159 Å². The van der Waals surface area contributed by atoms with Crippen LogP contribution in [0.25, 0.3) is 0 Å². The summed E-state index contributed by atoms with van der Waals surface area (Å²) in [4.78, 5) is 0. The summed E-state index contributed by atoms with van der Waals surface area (Å²) >= 11 is 0. The maximum Gasteiger partial charge on any atom is 0.160 e. The summed E-state index contributed by atoms with van der Waals surface area (Å²) in [6.45, 7) is 10.0. The van der Waals surface area contributed by atoms with Crippen LogP contribution in [-0.4, -0.2) is 41.9 Å². The molecule has 26 heavy (non-hydrogen) atoms. The summed E-state index contributed by atoms with van der Waals surface area (Å²) < 4.78 is 10.2. The number of methoxy groups -OCH3 is 2. The highest BCUT2D eigenvalue weighted by Gasteiger charge is 2.28. The average Bonchev–Trinajstić information content (AvgIpc) is 2.51. The number of ether oxygens (including phenoxy) is 2. The minimum atomic E-state index is -1.24. The lowest BCUT2D eigenvalue weighted by atomic mass is 9.72. The van der Waals surface area contributed by atoms with Crippen LogP contribution >= 0.6 is 0 Å². The first-order valence-electron chi connectivity index (χ1n) is 9.32. The van der Waals surface area contributed by atoms with Crippen molar-refractivity contribution >= 4 is 0 Å². The molecule has 1 aliphatic carbocycles. The molecule has 0 amide bonds. The molecule has 1 rings (SSSR count). The third-order valence-electron chi connectivity index (χ3n) is 5.05. The van der Waals surface area contributed by atoms with Crippen molar-refractivity contribution in [2.75, 3.05) is 14.2 Å². The summed E-state index contributed by atoms with van der Waals surface area (Å²) in [6, 6.07) is 0. The predicted octanol–water partition coefficient (Wildman–Crippen LogP) is 3.97. The SMILES string of the molecule is COC(C[C@@](C)(O)C#CC[C@@](C)(O)/C=C/C1=C(C)CCCC1(C)C)OC. The van der Waals surface area contributed by atoms with Crippen molar-refractivity contribution in [2.45, 2.75) is 84.2 Å². The maximum absolute atomic E-state index is 10.6. The zero-order chi connectivity index (χ0) is 20.0. The van der Waals surface area contributed by atoms with Gasteiger partial charge in [-0.25, -0.2) is 0 Å². The van der Waals surface area contributed by atoms with E-state index in [1.54, 1.807) is 13.8 Å². The monoisotopic (exact) mass is 364 g/mol. The number of hydrogen-bond donors (Lipinski definition) is 2. The van der Waals surface area contributed by atoms with Gasteiger partial charge in [0, 0.05) is 27.1 Å². The molecular formula is C22H36O4. The van der Waals surface area contributed by atoms with Gasteiger partial charge in [-0.3, -0.25) is 0 Å². The summed E-state index contributed by atoms with van der Waals surface area (Å²) in [7, 11) is 3.05. The number of hydrogen-bond acceptors (Lipinski definition) is 4. The molecule has 0 unspecified atom stereocenters. The van der Waals surface area contributed by atoms with Gasteiger partial charge in [-0.05, 0) is 51.0 Å². The Morgan fingerprint density at radius 2 is 1.85 bits per heavy atom. The van der Waals surface area contributed by atoms with Crippen molar-refractivity contribution in [3.8, 4) is 11.8 Å². The Morgan fingerprint density at radius 1 is 1.23 bits per heavy atom. The normalized spacial score (nSPS) is 22.1. The van der Waals surface area contributed by atoms with Crippen molar-refractivity contribution < 1.29 is 19.7 Å². The highest BCUT2D eigenvalue weighted by molar-refractivity contribution is 5.34. The second-order valence-electron chi connectivity index (χ2n) is 8.48. The lowest BCUT2D eigenvalue weighted by molar-refractivity contribution is -0.129. The van der Waals surface area contributed by atoms with Gasteiger partial charge in [0.15, 0.2) is 6.29 Å². The Kier molecular flexibility index (Phi) is 8.10. The molecule has 0 aromatic heterocycles. The fraction of sp³-hybridized carbons (Fsp3) is 0.727. The van der Waals surface area contributed by atoms with Crippen molar-refractivity contribution in [1.29, 1.82) is 0 Å². The van der Waals surface area contributed by atoms with Crippen LogP contribution in [0.15, 0.2) is 23.3 Å². The third-order valence-corrected chi connectivity index (χ3v) is 5.05. The maximum atomic E-state index is 10.6. The van der Waals surface area contributed by atoms with E-state index in [0.29, 0.717) is 0 Å². The lowest BCUT2D eigenvalue weighted by Gasteiger charge is -2.33. The fourth-order valence-electron chi connectivity index (χ4n) is 3.38. The Hall–Kier alpha value is -1.12. The largest absolute Gasteiger partial charge is 0.385 e. The summed E-state index contributed by atoms with van der Waals surface area (Å²) in [6.07, 6.45) is 7.36. The van der Waals surface area contributed by atoms with Crippen LogP contribution in [0.2, 0.25) is 0 Å². The first kappa shape index (κ1) is 22.9. The highest BCUT2D eigenvalue weighted by atomic mass is 16.7. The molecule has 0 spiro atoms. The summed E-state index contributed by atoms with van der Waals surface area (Å²) in [5, 5.41) is 21.0. The van der Waals surface area contributed by atoms with Crippen LogP contribution < -0.4 is 0 Å². The molecule has 0 radical (unpaired) electrons. The minimum Gasteiger partial charge on any atom is -0.385 e. The van der Waals surface area contributed by atoms with Crippen LogP contribution in [0.4, 0.5) is 0 Å². The van der Waals surface area contributed by atoms with E-state index in [0.717, 1.165) is 12.8 Å². The summed E-state index contributed by atoms with van der Waals surface area (Å²) in [5.74, 6) is 5.73. The zero-order valence-electron chi connectivity index (χ0n) is 17.5. The van der Waals surface area contributed by atoms with Crippen LogP contribution in [0.1, 0.15) is 66.7 Å². The lowest BCUT2D eigenvalue weighted by Crippen LogP contribution is -2.30. The Bertz CT molecular complexity index is 581. The molecule has 148 valence electrons. The molecule has 0 heterocycles.